The van der Waals surface area contributed by atoms with Crippen LogP contribution in [0.2, 0.25) is 5.02 Å². The summed E-state index contributed by atoms with van der Waals surface area (Å²) in [5.41, 5.74) is -2.68. The fourth-order valence-corrected chi connectivity index (χ4v) is 3.66. The van der Waals surface area contributed by atoms with Crippen molar-refractivity contribution in [1.29, 1.82) is 5.26 Å². The molecule has 0 aromatic heterocycles. The lowest BCUT2D eigenvalue weighted by atomic mass is 9.86. The average Bonchev–Trinajstić information content (AvgIpc) is 2.72. The second-order valence-electron chi connectivity index (χ2n) is 7.32. The highest BCUT2D eigenvalue weighted by Gasteiger charge is 2.41. The van der Waals surface area contributed by atoms with E-state index in [9.17, 15) is 25.0 Å². The first-order valence-corrected chi connectivity index (χ1v) is 9.65. The number of carboxylic acid groups (broad SMARTS) is 1. The van der Waals surface area contributed by atoms with Gasteiger partial charge >= 0.3 is 11.8 Å². The van der Waals surface area contributed by atoms with Crippen LogP contribution >= 0.6 is 11.6 Å². The molecule has 11 nitrogen and oxygen atoms in total. The largest absolute Gasteiger partial charge is 0.463 e. The Hall–Kier alpha value is -4.24. The Morgan fingerprint density at radius 1 is 1.45 bits per heavy atom. The van der Waals surface area contributed by atoms with E-state index in [1.54, 1.807) is 6.07 Å². The van der Waals surface area contributed by atoms with Gasteiger partial charge in [-0.05, 0) is 25.1 Å². The number of nitriles is 1. The lowest BCUT2D eigenvalue weighted by Gasteiger charge is -2.40. The first-order chi connectivity index (χ1) is 15.5. The second-order valence-corrected chi connectivity index (χ2v) is 7.75. The molecule has 1 aliphatic heterocycles. The number of hydrogen-bond acceptors (Lipinski definition) is 6. The predicted molar refractivity (Wildman–Crippen MR) is 116 cm³/mol. The number of halogens is 2. The number of anilines is 2. The van der Waals surface area contributed by atoms with Crippen molar-refractivity contribution in [2.75, 3.05) is 12.4 Å². The van der Waals surface area contributed by atoms with Gasteiger partial charge in [-0.3, -0.25) is 19.8 Å². The van der Waals surface area contributed by atoms with Crippen molar-refractivity contribution in [3.8, 4) is 6.07 Å². The number of carbonyl (C=O) groups excluding carboxylic acids is 1. The molecule has 0 radical (unpaired) electrons. The zero-order valence-electron chi connectivity index (χ0n) is 17.2. The highest BCUT2D eigenvalue weighted by molar-refractivity contribution is 6.31. The van der Waals surface area contributed by atoms with Gasteiger partial charge in [0.1, 0.15) is 17.3 Å². The third-order valence-corrected chi connectivity index (χ3v) is 5.24. The molecule has 1 atom stereocenters. The van der Waals surface area contributed by atoms with Crippen molar-refractivity contribution in [2.45, 2.75) is 18.9 Å². The Kier molecular flexibility index (Phi) is 6.19. The number of nitro benzene ring substituents is 1. The van der Waals surface area contributed by atoms with Crippen LogP contribution in [0.3, 0.4) is 0 Å². The lowest BCUT2D eigenvalue weighted by Crippen LogP contribution is -2.59. The maximum atomic E-state index is 15.6. The van der Waals surface area contributed by atoms with Crippen molar-refractivity contribution >= 4 is 46.6 Å². The van der Waals surface area contributed by atoms with Gasteiger partial charge in [0.05, 0.1) is 22.6 Å². The summed E-state index contributed by atoms with van der Waals surface area (Å²) in [6.45, 7) is 1.49. The monoisotopic (exact) mass is 474 g/mol. The van der Waals surface area contributed by atoms with Crippen molar-refractivity contribution in [3.05, 3.63) is 62.4 Å². The average molecular weight is 475 g/mol. The molecule has 0 bridgehead atoms. The maximum absolute atomic E-state index is 15.6. The van der Waals surface area contributed by atoms with Crippen LogP contribution in [0, 0.1) is 27.3 Å². The molecule has 170 valence electrons. The summed E-state index contributed by atoms with van der Waals surface area (Å²) >= 11 is 5.95. The van der Waals surface area contributed by atoms with E-state index in [2.05, 4.69) is 15.6 Å². The topological polar surface area (TPSA) is 161 Å². The highest BCUT2D eigenvalue weighted by atomic mass is 35.5. The quantitative estimate of drug-likeness (QED) is 0.446. The summed E-state index contributed by atoms with van der Waals surface area (Å²) in [5, 5.41) is 35.1. The molecular formula is C20H16ClFN6O5. The van der Waals surface area contributed by atoms with Crippen LogP contribution in [0.5, 0.6) is 0 Å². The number of amides is 2. The molecule has 0 unspecified atom stereocenters. The lowest BCUT2D eigenvalue weighted by molar-refractivity contribution is -0.384. The van der Waals surface area contributed by atoms with Gasteiger partial charge in [0.25, 0.3) is 0 Å². The summed E-state index contributed by atoms with van der Waals surface area (Å²) in [7, 11) is 1.33. The van der Waals surface area contributed by atoms with E-state index in [0.29, 0.717) is 0 Å². The number of nitrogens with one attached hydrogen (secondary N) is 2. The molecule has 2 aromatic rings. The molecule has 3 N–H and O–H groups in total. The number of nitro groups is 1. The number of aliphatic imine (C=N–C) groups is 1. The highest BCUT2D eigenvalue weighted by Crippen LogP contribution is 2.37. The van der Waals surface area contributed by atoms with E-state index in [4.69, 9.17) is 16.7 Å². The molecule has 0 saturated carbocycles. The minimum absolute atomic E-state index is 0.0165. The SMILES string of the molecule is CN1C(=O)C[C@@](C)(c2cccc(Nc3cc(Cl)cc(C#N)c3[N+](=O)[O-])c2F)N/C1=N\C(=O)O. The van der Waals surface area contributed by atoms with Gasteiger partial charge in [0.2, 0.25) is 11.9 Å². The van der Waals surface area contributed by atoms with E-state index < -0.39 is 34.0 Å². The fourth-order valence-electron chi connectivity index (χ4n) is 3.45. The fraction of sp³-hybridized carbons (Fsp3) is 0.200. The van der Waals surface area contributed by atoms with E-state index in [1.807, 2.05) is 0 Å². The van der Waals surface area contributed by atoms with Crippen LogP contribution in [0.1, 0.15) is 24.5 Å². The second kappa shape index (κ2) is 8.71. The number of hydrogen-bond donors (Lipinski definition) is 3. The molecule has 33 heavy (non-hydrogen) atoms. The van der Waals surface area contributed by atoms with Crippen LogP contribution in [-0.2, 0) is 10.3 Å². The summed E-state index contributed by atoms with van der Waals surface area (Å²) in [6.07, 6.45) is -1.77. The van der Waals surface area contributed by atoms with Gasteiger partial charge in [-0.2, -0.15) is 5.26 Å². The normalized spacial score (nSPS) is 19.1. The zero-order valence-corrected chi connectivity index (χ0v) is 18.0. The molecule has 3 rings (SSSR count). The summed E-state index contributed by atoms with van der Waals surface area (Å²) in [5.74, 6) is -1.63. The molecule has 1 saturated heterocycles. The van der Waals surface area contributed by atoms with Crippen LogP contribution in [0.25, 0.3) is 0 Å². The minimum Gasteiger partial charge on any atom is -0.463 e. The van der Waals surface area contributed by atoms with Gasteiger partial charge in [-0.15, -0.1) is 4.99 Å². The van der Waals surface area contributed by atoms with Crippen molar-refractivity contribution in [1.82, 2.24) is 10.2 Å². The van der Waals surface area contributed by atoms with Crippen LogP contribution in [-0.4, -0.2) is 39.9 Å². The Morgan fingerprint density at radius 3 is 2.76 bits per heavy atom. The molecule has 0 spiro atoms. The summed E-state index contributed by atoms with van der Waals surface area (Å²) in [4.78, 5) is 38.5. The Morgan fingerprint density at radius 2 is 2.15 bits per heavy atom. The van der Waals surface area contributed by atoms with Gasteiger partial charge in [0, 0.05) is 17.6 Å². The summed E-state index contributed by atoms with van der Waals surface area (Å²) < 4.78 is 15.6. The number of carbonyl (C=O) groups is 2. The van der Waals surface area contributed by atoms with Crippen LogP contribution in [0.4, 0.5) is 26.2 Å². The van der Waals surface area contributed by atoms with Crippen LogP contribution in [0.15, 0.2) is 35.3 Å². The first-order valence-electron chi connectivity index (χ1n) is 9.27. The summed E-state index contributed by atoms with van der Waals surface area (Å²) in [6, 6.07) is 8.13. The number of benzene rings is 2. The van der Waals surface area contributed by atoms with Crippen molar-refractivity contribution in [3.63, 3.8) is 0 Å². The molecule has 0 aliphatic carbocycles. The standard InChI is InChI=1S/C20H16ClFN6O5/c1-20(8-15(29)27(2)18(26-20)25-19(30)31)12-4-3-5-13(16(12)22)24-14-7-11(21)6-10(9-23)17(14)28(32)33/h3-7,24H,8H2,1-2H3,(H,25,26)(H,30,31)/t20-/m0/s1. The Balaban J connectivity index is 2.08. The van der Waals surface area contributed by atoms with Crippen LogP contribution < -0.4 is 10.6 Å². The molecular weight excluding hydrogens is 459 g/mol. The number of guanidine groups is 1. The molecule has 2 aromatic carbocycles. The molecule has 13 heteroatoms. The molecule has 1 fully saturated rings. The van der Waals surface area contributed by atoms with Crippen molar-refractivity contribution in [2.24, 2.45) is 4.99 Å². The van der Waals surface area contributed by atoms with Gasteiger partial charge < -0.3 is 15.7 Å². The van der Waals surface area contributed by atoms with E-state index in [0.717, 1.165) is 11.0 Å². The Bertz CT molecular complexity index is 1260. The number of nitrogens with zero attached hydrogens (tertiary/aromatic N) is 4. The first kappa shape index (κ1) is 23.4. The molecule has 2 amide bonds. The third kappa shape index (κ3) is 4.53. The van der Waals surface area contributed by atoms with Gasteiger partial charge in [-0.1, -0.05) is 23.7 Å². The zero-order chi connectivity index (χ0) is 24.5. The Labute approximate surface area is 191 Å². The van der Waals surface area contributed by atoms with Gasteiger partial charge in [-0.25, -0.2) is 9.18 Å². The molecule has 1 heterocycles. The van der Waals surface area contributed by atoms with E-state index in [-0.39, 0.29) is 39.9 Å². The number of rotatable bonds is 4. The van der Waals surface area contributed by atoms with E-state index in [1.165, 1.54) is 38.2 Å². The minimum atomic E-state index is -1.54. The van der Waals surface area contributed by atoms with E-state index >= 15 is 4.39 Å². The van der Waals surface area contributed by atoms with Gasteiger partial charge in [0.15, 0.2) is 5.82 Å². The maximum Gasteiger partial charge on any atom is 0.434 e. The predicted octanol–water partition coefficient (Wildman–Crippen LogP) is 3.70. The van der Waals surface area contributed by atoms with Crippen molar-refractivity contribution < 1.29 is 24.0 Å². The third-order valence-electron chi connectivity index (χ3n) is 5.03. The molecule has 1 aliphatic rings. The smallest absolute Gasteiger partial charge is 0.434 e.